The maximum atomic E-state index is 11.9. The van der Waals surface area contributed by atoms with E-state index in [1.807, 2.05) is 44.1 Å². The molecule has 0 aromatic heterocycles. The van der Waals surface area contributed by atoms with E-state index in [4.69, 9.17) is 9.47 Å². The summed E-state index contributed by atoms with van der Waals surface area (Å²) in [6.07, 6.45) is 0.744. The Hall–Kier alpha value is -1.35. The van der Waals surface area contributed by atoms with Crippen LogP contribution in [0, 0.1) is 0 Å². The van der Waals surface area contributed by atoms with Gasteiger partial charge in [0.2, 0.25) is 0 Å². The van der Waals surface area contributed by atoms with Crippen LogP contribution in [0.1, 0.15) is 24.9 Å². The van der Waals surface area contributed by atoms with E-state index in [9.17, 15) is 8.42 Å². The molecule has 0 aliphatic carbocycles. The van der Waals surface area contributed by atoms with Crippen LogP contribution in [0.3, 0.4) is 0 Å². The highest BCUT2D eigenvalue weighted by molar-refractivity contribution is 7.87. The zero-order valence-corrected chi connectivity index (χ0v) is 15.2. The molecule has 23 heavy (non-hydrogen) atoms. The highest BCUT2D eigenvalue weighted by atomic mass is 32.2. The lowest BCUT2D eigenvalue weighted by atomic mass is 10.1. The Morgan fingerprint density at radius 3 is 2.30 bits per heavy atom. The van der Waals surface area contributed by atoms with Crippen LogP contribution >= 0.6 is 0 Å². The second kappa shape index (κ2) is 9.07. The Labute approximate surface area is 139 Å². The van der Waals surface area contributed by atoms with Crippen LogP contribution in [-0.4, -0.2) is 54.7 Å². The van der Waals surface area contributed by atoms with Crippen LogP contribution < -0.4 is 18.9 Å². The van der Waals surface area contributed by atoms with Gasteiger partial charge in [-0.1, -0.05) is 13.0 Å². The second-order valence-corrected chi connectivity index (χ2v) is 6.92. The molecule has 1 atom stereocenters. The maximum Gasteiger partial charge on any atom is 0.276 e. The Morgan fingerprint density at radius 1 is 1.13 bits per heavy atom. The van der Waals surface area contributed by atoms with Crippen LogP contribution in [0.2, 0.25) is 0 Å². The first-order chi connectivity index (χ1) is 10.8. The summed E-state index contributed by atoms with van der Waals surface area (Å²) in [6, 6.07) is 5.44. The molecule has 0 radical (unpaired) electrons. The van der Waals surface area contributed by atoms with Crippen LogP contribution in [0.5, 0.6) is 11.5 Å². The van der Waals surface area contributed by atoms with Gasteiger partial charge in [0.1, 0.15) is 0 Å². The van der Waals surface area contributed by atoms with E-state index in [1.54, 1.807) is 14.2 Å². The molecule has 132 valence electrons. The Balaban J connectivity index is 2.91. The van der Waals surface area contributed by atoms with Crippen molar-refractivity contribution in [2.75, 3.05) is 41.4 Å². The molecule has 0 bridgehead atoms. The van der Waals surface area contributed by atoms with Crippen LogP contribution in [0.25, 0.3) is 0 Å². The average Bonchev–Trinajstić information content (AvgIpc) is 2.52. The van der Waals surface area contributed by atoms with Crippen molar-refractivity contribution in [3.05, 3.63) is 23.8 Å². The monoisotopic (exact) mass is 345 g/mol. The van der Waals surface area contributed by atoms with Gasteiger partial charge in [0.15, 0.2) is 11.5 Å². The lowest BCUT2D eigenvalue weighted by Crippen LogP contribution is -2.41. The summed E-state index contributed by atoms with van der Waals surface area (Å²) in [7, 11) is 3.46. The number of hydrogen-bond donors (Lipinski definition) is 2. The molecule has 7 nitrogen and oxygen atoms in total. The Bertz CT molecular complexity index is 590. The first-order valence-electron chi connectivity index (χ1n) is 7.47. The van der Waals surface area contributed by atoms with Crippen molar-refractivity contribution < 1.29 is 17.9 Å². The molecule has 0 amide bonds. The summed E-state index contributed by atoms with van der Waals surface area (Å²) in [6.45, 7) is 2.58. The number of ether oxygens (including phenoxy) is 2. The second-order valence-electron chi connectivity index (χ2n) is 5.34. The first kappa shape index (κ1) is 19.7. The molecule has 1 rings (SSSR count). The highest BCUT2D eigenvalue weighted by Gasteiger charge is 2.19. The fourth-order valence-corrected chi connectivity index (χ4v) is 3.09. The highest BCUT2D eigenvalue weighted by Crippen LogP contribution is 2.31. The molecule has 1 aromatic carbocycles. The van der Waals surface area contributed by atoms with E-state index in [-0.39, 0.29) is 12.6 Å². The smallest absolute Gasteiger partial charge is 0.276 e. The van der Waals surface area contributed by atoms with E-state index < -0.39 is 10.2 Å². The van der Waals surface area contributed by atoms with Gasteiger partial charge in [-0.2, -0.15) is 8.42 Å². The van der Waals surface area contributed by atoms with Gasteiger partial charge in [0.05, 0.1) is 14.2 Å². The number of methoxy groups -OCH3 is 2. The number of rotatable bonds is 10. The zero-order valence-electron chi connectivity index (χ0n) is 14.4. The first-order valence-corrected chi connectivity index (χ1v) is 8.95. The summed E-state index contributed by atoms with van der Waals surface area (Å²) in [5.41, 5.74) is 0.936. The van der Waals surface area contributed by atoms with Crippen molar-refractivity contribution in [3.8, 4) is 11.5 Å². The van der Waals surface area contributed by atoms with Gasteiger partial charge in [0.25, 0.3) is 10.2 Å². The molecule has 0 heterocycles. The lowest BCUT2D eigenvalue weighted by Gasteiger charge is -2.25. The summed E-state index contributed by atoms with van der Waals surface area (Å²) >= 11 is 0. The molecule has 0 saturated heterocycles. The fourth-order valence-electron chi connectivity index (χ4n) is 2.13. The van der Waals surface area contributed by atoms with Crippen molar-refractivity contribution in [3.63, 3.8) is 0 Å². The predicted octanol–water partition coefficient (Wildman–Crippen LogP) is 1.14. The van der Waals surface area contributed by atoms with Gasteiger partial charge in [0, 0.05) is 19.1 Å². The molecule has 1 aromatic rings. The van der Waals surface area contributed by atoms with Crippen LogP contribution in [-0.2, 0) is 10.2 Å². The molecule has 0 saturated carbocycles. The molecule has 0 aliphatic heterocycles. The van der Waals surface area contributed by atoms with Crippen molar-refractivity contribution in [2.24, 2.45) is 0 Å². The quantitative estimate of drug-likeness (QED) is 0.665. The Kier molecular flexibility index (Phi) is 7.77. The largest absolute Gasteiger partial charge is 0.493 e. The van der Waals surface area contributed by atoms with Gasteiger partial charge >= 0.3 is 0 Å². The number of hydrogen-bond acceptors (Lipinski definition) is 5. The summed E-state index contributed by atoms with van der Waals surface area (Å²) < 4.78 is 39.4. The number of nitrogens with one attached hydrogen (secondary N) is 2. The maximum absolute atomic E-state index is 11.9. The summed E-state index contributed by atoms with van der Waals surface area (Å²) in [5, 5.41) is 0. The number of nitrogens with zero attached hydrogens (tertiary/aromatic N) is 1. The number of likely N-dealkylation sites (N-methyl/N-ethyl adjacent to an activating group) is 1. The molecular weight excluding hydrogens is 318 g/mol. The standard InChI is InChI=1S/C15H27N3O4S/c1-6-9-16-23(19,20)17-11-13(18(2)3)12-7-8-14(21-4)15(10-12)22-5/h7-8,10,13,16-17H,6,9,11H2,1-5H3. The predicted molar refractivity (Wildman–Crippen MR) is 91.2 cm³/mol. The topological polar surface area (TPSA) is 79.9 Å². The Morgan fingerprint density at radius 2 is 1.78 bits per heavy atom. The molecule has 8 heteroatoms. The normalized spacial score (nSPS) is 13.1. The van der Waals surface area contributed by atoms with E-state index in [1.165, 1.54) is 0 Å². The van der Waals surface area contributed by atoms with Gasteiger partial charge < -0.3 is 14.4 Å². The van der Waals surface area contributed by atoms with Gasteiger partial charge in [-0.05, 0) is 38.2 Å². The van der Waals surface area contributed by atoms with Gasteiger partial charge in [-0.3, -0.25) is 0 Å². The van der Waals surface area contributed by atoms with Crippen molar-refractivity contribution in [1.29, 1.82) is 0 Å². The molecular formula is C15H27N3O4S. The molecule has 0 spiro atoms. The van der Waals surface area contributed by atoms with Crippen molar-refractivity contribution in [2.45, 2.75) is 19.4 Å². The summed E-state index contributed by atoms with van der Waals surface area (Å²) in [4.78, 5) is 1.95. The van der Waals surface area contributed by atoms with E-state index in [0.29, 0.717) is 18.0 Å². The number of benzene rings is 1. The third kappa shape index (κ3) is 5.98. The van der Waals surface area contributed by atoms with Crippen LogP contribution in [0.4, 0.5) is 0 Å². The lowest BCUT2D eigenvalue weighted by molar-refractivity contribution is 0.296. The van der Waals surface area contributed by atoms with Crippen molar-refractivity contribution in [1.82, 2.24) is 14.3 Å². The minimum absolute atomic E-state index is 0.131. The fraction of sp³-hybridized carbons (Fsp3) is 0.600. The molecule has 0 fully saturated rings. The molecule has 1 unspecified atom stereocenters. The average molecular weight is 345 g/mol. The molecule has 0 aliphatic rings. The molecule has 2 N–H and O–H groups in total. The van der Waals surface area contributed by atoms with Crippen LogP contribution in [0.15, 0.2) is 18.2 Å². The third-order valence-corrected chi connectivity index (χ3v) is 4.56. The van der Waals surface area contributed by atoms with E-state index in [0.717, 1.165) is 12.0 Å². The minimum atomic E-state index is -3.49. The zero-order chi connectivity index (χ0) is 17.5. The minimum Gasteiger partial charge on any atom is -0.493 e. The summed E-state index contributed by atoms with van der Waals surface area (Å²) in [5.74, 6) is 1.25. The SMILES string of the molecule is CCCNS(=O)(=O)NCC(c1ccc(OC)c(OC)c1)N(C)C. The van der Waals surface area contributed by atoms with E-state index >= 15 is 0 Å². The van der Waals surface area contributed by atoms with E-state index in [2.05, 4.69) is 9.44 Å². The van der Waals surface area contributed by atoms with Gasteiger partial charge in [-0.15, -0.1) is 0 Å². The third-order valence-electron chi connectivity index (χ3n) is 3.42. The van der Waals surface area contributed by atoms with Crippen molar-refractivity contribution >= 4 is 10.2 Å². The van der Waals surface area contributed by atoms with Gasteiger partial charge in [-0.25, -0.2) is 9.44 Å².